The fourth-order valence-corrected chi connectivity index (χ4v) is 2.50. The highest BCUT2D eigenvalue weighted by Crippen LogP contribution is 2.26. The van der Waals surface area contributed by atoms with E-state index in [1.807, 2.05) is 31.2 Å². The molecular weight excluding hydrogens is 281 g/mol. The maximum Gasteiger partial charge on any atom is 0.0622 e. The largest absolute Gasteiger partial charge is 0.271 e. The first-order chi connectivity index (χ1) is 9.11. The number of hydrogen-bond acceptors (Lipinski definition) is 3. The Labute approximate surface area is 122 Å². The average Bonchev–Trinajstić information content (AvgIpc) is 2.39. The third-order valence-corrected chi connectivity index (χ3v) is 3.66. The summed E-state index contributed by atoms with van der Waals surface area (Å²) >= 11 is 12.1. The maximum atomic E-state index is 6.13. The number of nitrogens with one attached hydrogen (secondary N) is 1. The lowest BCUT2D eigenvalue weighted by Gasteiger charge is -2.19. The van der Waals surface area contributed by atoms with Crippen molar-refractivity contribution in [3.8, 4) is 0 Å². The lowest BCUT2D eigenvalue weighted by molar-refractivity contribution is 0.549. The Morgan fingerprint density at radius 1 is 1.32 bits per heavy atom. The molecule has 0 aliphatic rings. The van der Waals surface area contributed by atoms with Gasteiger partial charge in [-0.15, -0.1) is 0 Å². The molecule has 1 unspecified atom stereocenters. The van der Waals surface area contributed by atoms with Gasteiger partial charge in [-0.2, -0.15) is 0 Å². The Kier molecular flexibility index (Phi) is 4.77. The van der Waals surface area contributed by atoms with E-state index >= 15 is 0 Å². The minimum absolute atomic E-state index is 0.0165. The van der Waals surface area contributed by atoms with Crippen molar-refractivity contribution in [3.05, 3.63) is 63.4 Å². The fourth-order valence-electron chi connectivity index (χ4n) is 2.08. The predicted octanol–water partition coefficient (Wildman–Crippen LogP) is 3.44. The van der Waals surface area contributed by atoms with Gasteiger partial charge in [0.15, 0.2) is 0 Å². The Hall–Kier alpha value is -1.13. The lowest BCUT2D eigenvalue weighted by atomic mass is 9.96. The first-order valence-corrected chi connectivity index (χ1v) is 6.68. The number of hydrogen-bond donors (Lipinski definition) is 2. The molecule has 0 fully saturated rings. The zero-order valence-corrected chi connectivity index (χ0v) is 12.0. The van der Waals surface area contributed by atoms with E-state index < -0.39 is 0 Å². The van der Waals surface area contributed by atoms with Crippen molar-refractivity contribution >= 4 is 23.2 Å². The van der Waals surface area contributed by atoms with E-state index in [-0.39, 0.29) is 6.04 Å². The van der Waals surface area contributed by atoms with Crippen molar-refractivity contribution in [3.63, 3.8) is 0 Å². The average molecular weight is 296 g/mol. The number of benzene rings is 1. The summed E-state index contributed by atoms with van der Waals surface area (Å²) in [5.41, 5.74) is 6.05. The lowest BCUT2D eigenvalue weighted by Crippen LogP contribution is -2.30. The van der Waals surface area contributed by atoms with Gasteiger partial charge in [-0.05, 0) is 48.2 Å². The molecular formula is C14H15Cl2N3. The molecule has 0 saturated carbocycles. The summed E-state index contributed by atoms with van der Waals surface area (Å²) < 4.78 is 0. The van der Waals surface area contributed by atoms with Crippen LogP contribution in [0.2, 0.25) is 10.0 Å². The highest BCUT2D eigenvalue weighted by molar-refractivity contribution is 6.31. The van der Waals surface area contributed by atoms with E-state index in [9.17, 15) is 0 Å². The number of nitrogens with two attached hydrogens (primary N) is 1. The zero-order chi connectivity index (χ0) is 13.8. The summed E-state index contributed by atoms with van der Waals surface area (Å²) in [6.07, 6.45) is 4.06. The van der Waals surface area contributed by atoms with Crippen molar-refractivity contribution in [1.82, 2.24) is 10.4 Å². The van der Waals surface area contributed by atoms with Gasteiger partial charge in [0.25, 0.3) is 0 Å². The van der Waals surface area contributed by atoms with E-state index in [4.69, 9.17) is 29.0 Å². The third-order valence-electron chi connectivity index (χ3n) is 3.09. The van der Waals surface area contributed by atoms with Gasteiger partial charge in [-0.3, -0.25) is 16.3 Å². The number of aromatic nitrogens is 1. The number of hydrazine groups is 1. The molecule has 19 heavy (non-hydrogen) atoms. The van der Waals surface area contributed by atoms with Crippen LogP contribution in [0.5, 0.6) is 0 Å². The SMILES string of the molecule is Cc1cc(Cl)ccc1C(Cc1ccncc1Cl)NN. The van der Waals surface area contributed by atoms with Gasteiger partial charge in [0.1, 0.15) is 0 Å². The minimum atomic E-state index is -0.0165. The predicted molar refractivity (Wildman–Crippen MR) is 79.2 cm³/mol. The minimum Gasteiger partial charge on any atom is -0.271 e. The summed E-state index contributed by atoms with van der Waals surface area (Å²) in [4.78, 5) is 3.98. The Bertz CT molecular complexity index is 572. The Morgan fingerprint density at radius 3 is 2.74 bits per heavy atom. The molecule has 0 spiro atoms. The highest BCUT2D eigenvalue weighted by Gasteiger charge is 2.14. The molecule has 0 aliphatic carbocycles. The van der Waals surface area contributed by atoms with Crippen LogP contribution in [0.4, 0.5) is 0 Å². The Morgan fingerprint density at radius 2 is 2.11 bits per heavy atom. The second-order valence-corrected chi connectivity index (χ2v) is 5.24. The molecule has 0 bridgehead atoms. The summed E-state index contributed by atoms with van der Waals surface area (Å²) in [5.74, 6) is 5.67. The van der Waals surface area contributed by atoms with Gasteiger partial charge in [0.05, 0.1) is 11.1 Å². The number of halogens is 2. The van der Waals surface area contributed by atoms with Crippen molar-refractivity contribution in [2.45, 2.75) is 19.4 Å². The van der Waals surface area contributed by atoms with Gasteiger partial charge in [-0.25, -0.2) is 0 Å². The van der Waals surface area contributed by atoms with E-state index in [0.29, 0.717) is 11.4 Å². The van der Waals surface area contributed by atoms with Crippen molar-refractivity contribution in [2.75, 3.05) is 0 Å². The number of pyridine rings is 1. The summed E-state index contributed by atoms with van der Waals surface area (Å²) in [5, 5.41) is 1.37. The smallest absolute Gasteiger partial charge is 0.0622 e. The molecule has 0 amide bonds. The van der Waals surface area contributed by atoms with Gasteiger partial charge >= 0.3 is 0 Å². The van der Waals surface area contributed by atoms with Gasteiger partial charge in [-0.1, -0.05) is 29.3 Å². The van der Waals surface area contributed by atoms with Crippen LogP contribution in [0, 0.1) is 6.92 Å². The van der Waals surface area contributed by atoms with Crippen molar-refractivity contribution < 1.29 is 0 Å². The molecule has 1 aromatic heterocycles. The quantitative estimate of drug-likeness (QED) is 0.671. The molecule has 1 aromatic carbocycles. The van der Waals surface area contributed by atoms with E-state index in [0.717, 1.165) is 21.7 Å². The fraction of sp³-hybridized carbons (Fsp3) is 0.214. The molecule has 2 rings (SSSR count). The van der Waals surface area contributed by atoms with Gasteiger partial charge < -0.3 is 0 Å². The number of aryl methyl sites for hydroxylation is 1. The molecule has 0 radical (unpaired) electrons. The van der Waals surface area contributed by atoms with Crippen LogP contribution >= 0.6 is 23.2 Å². The molecule has 3 N–H and O–H groups in total. The molecule has 5 heteroatoms. The molecule has 1 atom stereocenters. The standard InChI is InChI=1S/C14H15Cl2N3/c1-9-6-11(15)2-3-12(9)14(19-17)7-10-4-5-18-8-13(10)16/h2-6,8,14,19H,7,17H2,1H3. The number of nitrogens with zero attached hydrogens (tertiary/aromatic N) is 1. The van der Waals surface area contributed by atoms with Crippen LogP contribution in [-0.4, -0.2) is 4.98 Å². The highest BCUT2D eigenvalue weighted by atomic mass is 35.5. The Balaban J connectivity index is 2.28. The monoisotopic (exact) mass is 295 g/mol. The van der Waals surface area contributed by atoms with Crippen LogP contribution in [0.1, 0.15) is 22.7 Å². The second-order valence-electron chi connectivity index (χ2n) is 4.39. The van der Waals surface area contributed by atoms with E-state index in [1.165, 1.54) is 0 Å². The van der Waals surface area contributed by atoms with Gasteiger partial charge in [0, 0.05) is 17.4 Å². The molecule has 100 valence electrons. The maximum absolute atomic E-state index is 6.13. The molecule has 1 heterocycles. The molecule has 0 aliphatic heterocycles. The normalized spacial score (nSPS) is 12.4. The van der Waals surface area contributed by atoms with Crippen LogP contribution in [0.3, 0.4) is 0 Å². The van der Waals surface area contributed by atoms with Gasteiger partial charge in [0.2, 0.25) is 0 Å². The van der Waals surface area contributed by atoms with Crippen LogP contribution in [0.15, 0.2) is 36.7 Å². The zero-order valence-electron chi connectivity index (χ0n) is 10.5. The van der Waals surface area contributed by atoms with Crippen molar-refractivity contribution in [1.29, 1.82) is 0 Å². The second kappa shape index (κ2) is 6.35. The molecule has 2 aromatic rings. The third kappa shape index (κ3) is 3.45. The summed E-state index contributed by atoms with van der Waals surface area (Å²) in [7, 11) is 0. The first-order valence-electron chi connectivity index (χ1n) is 5.92. The topological polar surface area (TPSA) is 50.9 Å². The first kappa shape index (κ1) is 14.3. The molecule has 3 nitrogen and oxygen atoms in total. The van der Waals surface area contributed by atoms with Crippen molar-refractivity contribution in [2.24, 2.45) is 5.84 Å². The van der Waals surface area contributed by atoms with Crippen LogP contribution in [-0.2, 0) is 6.42 Å². The van der Waals surface area contributed by atoms with Crippen LogP contribution < -0.4 is 11.3 Å². The summed E-state index contributed by atoms with van der Waals surface area (Å²) in [6, 6.07) is 7.66. The van der Waals surface area contributed by atoms with E-state index in [1.54, 1.807) is 12.4 Å². The summed E-state index contributed by atoms with van der Waals surface area (Å²) in [6.45, 7) is 2.01. The van der Waals surface area contributed by atoms with E-state index in [2.05, 4.69) is 10.4 Å². The molecule has 0 saturated heterocycles. The number of rotatable bonds is 4. The van der Waals surface area contributed by atoms with Crippen LogP contribution in [0.25, 0.3) is 0 Å².